The van der Waals surface area contributed by atoms with Gasteiger partial charge in [-0.05, 0) is 12.8 Å². The molecule has 0 saturated heterocycles. The average molecular weight is 255 g/mol. The molecule has 0 fully saturated rings. The minimum atomic E-state index is -0.0114. The van der Waals surface area contributed by atoms with Gasteiger partial charge in [0.15, 0.2) is 0 Å². The lowest BCUT2D eigenvalue weighted by molar-refractivity contribution is -0.143. The van der Waals surface area contributed by atoms with Crippen LogP contribution in [-0.4, -0.2) is 12.6 Å². The molecular formula is C16H31O2. The lowest BCUT2D eigenvalue weighted by atomic mass is 10.1. The minimum absolute atomic E-state index is 0.0114. The van der Waals surface area contributed by atoms with Crippen molar-refractivity contribution in [2.75, 3.05) is 6.61 Å². The van der Waals surface area contributed by atoms with Gasteiger partial charge in [-0.25, -0.2) is 0 Å². The zero-order valence-corrected chi connectivity index (χ0v) is 12.2. The second kappa shape index (κ2) is 14.5. The molecule has 0 heterocycles. The van der Waals surface area contributed by atoms with Gasteiger partial charge in [-0.15, -0.1) is 0 Å². The van der Waals surface area contributed by atoms with Crippen molar-refractivity contribution in [2.45, 2.75) is 84.0 Å². The maximum atomic E-state index is 11.4. The van der Waals surface area contributed by atoms with Crippen LogP contribution in [0.3, 0.4) is 0 Å². The molecule has 0 aliphatic carbocycles. The molecule has 0 aromatic rings. The van der Waals surface area contributed by atoms with Crippen LogP contribution in [0.25, 0.3) is 0 Å². The minimum Gasteiger partial charge on any atom is -0.466 e. The highest BCUT2D eigenvalue weighted by Gasteiger charge is 2.02. The van der Waals surface area contributed by atoms with Crippen LogP contribution < -0.4 is 0 Å². The molecule has 0 unspecified atom stereocenters. The zero-order chi connectivity index (χ0) is 13.5. The molecule has 0 aliphatic heterocycles. The molecule has 0 aliphatic rings. The van der Waals surface area contributed by atoms with Crippen LogP contribution in [0.15, 0.2) is 0 Å². The van der Waals surface area contributed by atoms with E-state index in [-0.39, 0.29) is 5.97 Å². The Labute approximate surface area is 113 Å². The van der Waals surface area contributed by atoms with Crippen LogP contribution in [-0.2, 0) is 9.53 Å². The van der Waals surface area contributed by atoms with E-state index in [2.05, 4.69) is 13.8 Å². The van der Waals surface area contributed by atoms with E-state index < -0.39 is 0 Å². The molecule has 0 spiro atoms. The summed E-state index contributed by atoms with van der Waals surface area (Å²) in [7, 11) is 0. The summed E-state index contributed by atoms with van der Waals surface area (Å²) >= 11 is 0. The van der Waals surface area contributed by atoms with E-state index in [0.29, 0.717) is 13.0 Å². The molecule has 2 heteroatoms. The van der Waals surface area contributed by atoms with E-state index in [0.717, 1.165) is 25.7 Å². The first-order valence-corrected chi connectivity index (χ1v) is 7.76. The van der Waals surface area contributed by atoms with Crippen LogP contribution in [0.4, 0.5) is 0 Å². The molecule has 0 aromatic heterocycles. The number of esters is 1. The van der Waals surface area contributed by atoms with Gasteiger partial charge < -0.3 is 4.74 Å². The summed E-state index contributed by atoms with van der Waals surface area (Å²) in [6.45, 7) is 6.64. The molecule has 0 saturated carbocycles. The van der Waals surface area contributed by atoms with Crippen molar-refractivity contribution in [3.8, 4) is 0 Å². The Kier molecular flexibility index (Phi) is 14.1. The fraction of sp³-hybridized carbons (Fsp3) is 0.875. The van der Waals surface area contributed by atoms with Crippen molar-refractivity contribution in [2.24, 2.45) is 0 Å². The Balaban J connectivity index is 3.12. The molecule has 0 atom stereocenters. The summed E-state index contributed by atoms with van der Waals surface area (Å²) in [5.41, 5.74) is 0. The van der Waals surface area contributed by atoms with Crippen LogP contribution in [0.1, 0.15) is 84.0 Å². The third kappa shape index (κ3) is 13.5. The largest absolute Gasteiger partial charge is 0.466 e. The number of ether oxygens (including phenoxy) is 1. The van der Waals surface area contributed by atoms with E-state index in [1.165, 1.54) is 44.9 Å². The SMILES string of the molecule is [CH2]CCCCCCCC(=O)OCCCCCCC. The quantitative estimate of drug-likeness (QED) is 0.339. The molecule has 2 nitrogen and oxygen atoms in total. The van der Waals surface area contributed by atoms with Crippen molar-refractivity contribution in [3.05, 3.63) is 6.92 Å². The maximum Gasteiger partial charge on any atom is 0.305 e. The number of carbonyl (C=O) groups excluding carboxylic acids is 1. The van der Waals surface area contributed by atoms with E-state index >= 15 is 0 Å². The van der Waals surface area contributed by atoms with Gasteiger partial charge in [-0.1, -0.05) is 71.6 Å². The van der Waals surface area contributed by atoms with Gasteiger partial charge in [0.1, 0.15) is 0 Å². The molecule has 0 rings (SSSR count). The average Bonchev–Trinajstić information content (AvgIpc) is 2.38. The smallest absolute Gasteiger partial charge is 0.305 e. The van der Waals surface area contributed by atoms with Crippen molar-refractivity contribution < 1.29 is 9.53 Å². The second-order valence-electron chi connectivity index (χ2n) is 5.01. The van der Waals surface area contributed by atoms with Gasteiger partial charge in [0.25, 0.3) is 0 Å². The lowest BCUT2D eigenvalue weighted by Gasteiger charge is -2.04. The van der Waals surface area contributed by atoms with Gasteiger partial charge in [0.05, 0.1) is 6.61 Å². The first kappa shape index (κ1) is 17.5. The first-order valence-electron chi connectivity index (χ1n) is 7.76. The lowest BCUT2D eigenvalue weighted by Crippen LogP contribution is -2.05. The summed E-state index contributed by atoms with van der Waals surface area (Å²) in [5.74, 6) is -0.0114. The molecular weight excluding hydrogens is 224 g/mol. The Morgan fingerprint density at radius 2 is 1.50 bits per heavy atom. The van der Waals surface area contributed by atoms with Crippen LogP contribution in [0.5, 0.6) is 0 Å². The zero-order valence-electron chi connectivity index (χ0n) is 12.2. The van der Waals surface area contributed by atoms with E-state index in [1.54, 1.807) is 0 Å². The molecule has 0 amide bonds. The summed E-state index contributed by atoms with van der Waals surface area (Å²) in [6.07, 6.45) is 13.5. The van der Waals surface area contributed by atoms with Gasteiger partial charge in [-0.2, -0.15) is 0 Å². The summed E-state index contributed by atoms with van der Waals surface area (Å²) < 4.78 is 5.20. The highest BCUT2D eigenvalue weighted by Crippen LogP contribution is 2.08. The molecule has 18 heavy (non-hydrogen) atoms. The normalized spacial score (nSPS) is 10.6. The predicted molar refractivity (Wildman–Crippen MR) is 77.4 cm³/mol. The topological polar surface area (TPSA) is 26.3 Å². The fourth-order valence-electron chi connectivity index (χ4n) is 1.94. The molecule has 0 N–H and O–H groups in total. The van der Waals surface area contributed by atoms with E-state index in [4.69, 9.17) is 4.74 Å². The van der Waals surface area contributed by atoms with Crippen LogP contribution >= 0.6 is 0 Å². The van der Waals surface area contributed by atoms with Gasteiger partial charge in [0.2, 0.25) is 0 Å². The molecule has 1 radical (unpaired) electrons. The fourth-order valence-corrected chi connectivity index (χ4v) is 1.94. The van der Waals surface area contributed by atoms with E-state index in [1.807, 2.05) is 0 Å². The van der Waals surface area contributed by atoms with Crippen LogP contribution in [0, 0.1) is 6.92 Å². The number of unbranched alkanes of at least 4 members (excludes halogenated alkanes) is 9. The van der Waals surface area contributed by atoms with Gasteiger partial charge >= 0.3 is 5.97 Å². The highest BCUT2D eigenvalue weighted by molar-refractivity contribution is 5.69. The monoisotopic (exact) mass is 255 g/mol. The van der Waals surface area contributed by atoms with E-state index in [9.17, 15) is 4.79 Å². The number of hydrogen-bond donors (Lipinski definition) is 0. The summed E-state index contributed by atoms with van der Waals surface area (Å²) in [4.78, 5) is 11.4. The second-order valence-corrected chi connectivity index (χ2v) is 5.01. The maximum absolute atomic E-state index is 11.4. The Hall–Kier alpha value is -0.530. The van der Waals surface area contributed by atoms with Crippen molar-refractivity contribution in [1.29, 1.82) is 0 Å². The van der Waals surface area contributed by atoms with Crippen molar-refractivity contribution >= 4 is 5.97 Å². The van der Waals surface area contributed by atoms with Gasteiger partial charge in [0, 0.05) is 6.42 Å². The summed E-state index contributed by atoms with van der Waals surface area (Å²) in [6, 6.07) is 0. The van der Waals surface area contributed by atoms with Crippen molar-refractivity contribution in [1.82, 2.24) is 0 Å². The Bertz CT molecular complexity index is 160. The number of rotatable bonds is 13. The third-order valence-corrected chi connectivity index (χ3v) is 3.14. The third-order valence-electron chi connectivity index (χ3n) is 3.14. The van der Waals surface area contributed by atoms with Crippen molar-refractivity contribution in [3.63, 3.8) is 0 Å². The summed E-state index contributed by atoms with van der Waals surface area (Å²) in [5, 5.41) is 0. The molecule has 0 bridgehead atoms. The number of carbonyl (C=O) groups is 1. The standard InChI is InChI=1S/C16H31O2/c1-3-5-7-9-10-12-14-16(17)18-15-13-11-8-6-4-2/h1,3-15H2,2H3. The number of hydrogen-bond acceptors (Lipinski definition) is 2. The molecule has 0 aromatic carbocycles. The Morgan fingerprint density at radius 1 is 0.889 bits per heavy atom. The van der Waals surface area contributed by atoms with Crippen LogP contribution in [0.2, 0.25) is 0 Å². The predicted octanol–water partition coefficient (Wildman–Crippen LogP) is 5.06. The Morgan fingerprint density at radius 3 is 2.22 bits per heavy atom. The first-order chi connectivity index (χ1) is 8.81. The van der Waals surface area contributed by atoms with Gasteiger partial charge in [-0.3, -0.25) is 4.79 Å². The highest BCUT2D eigenvalue weighted by atomic mass is 16.5. The molecule has 107 valence electrons.